The van der Waals surface area contributed by atoms with Crippen molar-refractivity contribution in [2.75, 3.05) is 13.6 Å². The van der Waals surface area contributed by atoms with Crippen molar-refractivity contribution in [3.8, 4) is 23.0 Å². The van der Waals surface area contributed by atoms with Gasteiger partial charge in [-0.1, -0.05) is 0 Å². The van der Waals surface area contributed by atoms with Gasteiger partial charge in [0.05, 0.1) is 12.5 Å². The molecule has 0 atom stereocenters. The number of ether oxygens (including phenoxy) is 4. The molecule has 0 fully saturated rings. The van der Waals surface area contributed by atoms with E-state index in [0.29, 0.717) is 28.6 Å². The lowest BCUT2D eigenvalue weighted by molar-refractivity contribution is 0.173. The molecule has 1 N–H and O–H groups in total. The average Bonchev–Trinajstić information content (AvgIpc) is 3.28. The van der Waals surface area contributed by atoms with E-state index in [4.69, 9.17) is 39.9 Å². The Kier molecular flexibility index (Phi) is 8.84. The van der Waals surface area contributed by atoms with Crippen molar-refractivity contribution < 1.29 is 37.0 Å². The highest BCUT2D eigenvalue weighted by Gasteiger charge is 2.17. The molecule has 6 nitrogen and oxygen atoms in total. The van der Waals surface area contributed by atoms with Gasteiger partial charge in [-0.25, -0.2) is 13.0 Å². The van der Waals surface area contributed by atoms with E-state index in [2.05, 4.69) is 21.4 Å². The lowest BCUT2D eigenvalue weighted by Crippen LogP contribution is -1.92. The molecule has 2 heterocycles. The maximum absolute atomic E-state index is 13.0. The van der Waals surface area contributed by atoms with Gasteiger partial charge in [-0.3, -0.25) is 0 Å². The number of benzene rings is 2. The van der Waals surface area contributed by atoms with Crippen LogP contribution in [-0.2, 0) is 21.7 Å². The van der Waals surface area contributed by atoms with Gasteiger partial charge in [-0.05, 0) is 12.1 Å². The number of hydrogen-bond donors (Lipinski definition) is 1. The maximum atomic E-state index is 13.0. The minimum Gasteiger partial charge on any atom is -0.454 e. The number of fused-ring (bicyclic) bond motifs is 2. The summed E-state index contributed by atoms with van der Waals surface area (Å²) in [6, 6.07) is 5.51. The van der Waals surface area contributed by atoms with E-state index in [1.165, 1.54) is 18.2 Å². The summed E-state index contributed by atoms with van der Waals surface area (Å²) in [5.41, 5.74) is 0.653. The molecule has 0 amide bonds. The SMILES string of the molecule is Fc1cc2c(cc1CCl)OCO2.O=S(Cl)Cl.OCc1cc2c(cc1F)OCO2. The third-order valence-corrected chi connectivity index (χ3v) is 3.69. The smallest absolute Gasteiger partial charge is 0.231 e. The Morgan fingerprint density at radius 3 is 1.61 bits per heavy atom. The first-order valence-corrected chi connectivity index (χ1v) is 10.8. The van der Waals surface area contributed by atoms with Crippen LogP contribution in [0.5, 0.6) is 23.0 Å². The first-order chi connectivity index (χ1) is 13.3. The number of hydrogen-bond acceptors (Lipinski definition) is 6. The van der Waals surface area contributed by atoms with Gasteiger partial charge in [-0.15, -0.1) is 11.6 Å². The lowest BCUT2D eigenvalue weighted by Gasteiger charge is -2.00. The van der Waals surface area contributed by atoms with E-state index in [1.54, 1.807) is 6.07 Å². The molecule has 2 aliphatic rings. The molecule has 0 unspecified atom stereocenters. The van der Waals surface area contributed by atoms with Crippen molar-refractivity contribution in [2.24, 2.45) is 0 Å². The minimum atomic E-state index is -1.67. The summed E-state index contributed by atoms with van der Waals surface area (Å²) in [6.07, 6.45) is 0. The first kappa shape index (κ1) is 22.8. The first-order valence-electron chi connectivity index (χ1n) is 7.42. The topological polar surface area (TPSA) is 74.2 Å². The molecule has 0 aliphatic carbocycles. The van der Waals surface area contributed by atoms with Crippen molar-refractivity contribution >= 4 is 42.2 Å². The molecule has 28 heavy (non-hydrogen) atoms. The number of halogens is 5. The molecule has 0 bridgehead atoms. The summed E-state index contributed by atoms with van der Waals surface area (Å²) in [4.78, 5) is 0. The monoisotopic (exact) mass is 476 g/mol. The highest BCUT2D eigenvalue weighted by Crippen LogP contribution is 2.35. The summed E-state index contributed by atoms with van der Waals surface area (Å²) < 4.78 is 55.0. The summed E-state index contributed by atoms with van der Waals surface area (Å²) in [5.74, 6) is 1.21. The summed E-state index contributed by atoms with van der Waals surface area (Å²) in [6.45, 7) is -0.0629. The number of alkyl halides is 1. The van der Waals surface area contributed by atoms with Crippen LogP contribution in [0.25, 0.3) is 0 Å². The second-order valence-corrected chi connectivity index (χ2v) is 7.86. The van der Waals surface area contributed by atoms with Crippen LogP contribution < -0.4 is 18.9 Å². The van der Waals surface area contributed by atoms with Crippen molar-refractivity contribution in [2.45, 2.75) is 12.5 Å². The number of rotatable bonds is 2. The summed E-state index contributed by atoms with van der Waals surface area (Å²) in [7, 11) is 7.36. The van der Waals surface area contributed by atoms with Crippen LogP contribution in [0.15, 0.2) is 24.3 Å². The molecule has 0 saturated heterocycles. The quantitative estimate of drug-likeness (QED) is 0.511. The summed E-state index contributed by atoms with van der Waals surface area (Å²) >= 11 is 5.50. The zero-order valence-corrected chi connectivity index (χ0v) is 17.0. The largest absolute Gasteiger partial charge is 0.454 e. The van der Waals surface area contributed by atoms with E-state index in [1.807, 2.05) is 0 Å². The van der Waals surface area contributed by atoms with Gasteiger partial charge in [0.25, 0.3) is 0 Å². The van der Waals surface area contributed by atoms with Crippen LogP contribution in [0.3, 0.4) is 0 Å². The van der Waals surface area contributed by atoms with Crippen LogP contribution in [0.2, 0.25) is 0 Å². The van der Waals surface area contributed by atoms with Gasteiger partial charge >= 0.3 is 0 Å². The van der Waals surface area contributed by atoms with Crippen LogP contribution >= 0.6 is 33.0 Å². The third-order valence-electron chi connectivity index (χ3n) is 3.40. The molecule has 2 aromatic carbocycles. The van der Waals surface area contributed by atoms with E-state index < -0.39 is 15.0 Å². The molecule has 0 spiro atoms. The van der Waals surface area contributed by atoms with E-state index in [-0.39, 0.29) is 37.5 Å². The van der Waals surface area contributed by atoms with Crippen LogP contribution in [-0.4, -0.2) is 22.9 Å². The lowest BCUT2D eigenvalue weighted by atomic mass is 10.2. The molecule has 12 heteroatoms. The molecule has 154 valence electrons. The van der Waals surface area contributed by atoms with E-state index in [9.17, 15) is 8.78 Å². The molecule has 0 saturated carbocycles. The minimum absolute atomic E-state index is 0.115. The van der Waals surface area contributed by atoms with Gasteiger partial charge in [0.1, 0.15) is 11.6 Å². The maximum Gasteiger partial charge on any atom is 0.231 e. The van der Waals surface area contributed by atoms with Crippen molar-refractivity contribution in [3.63, 3.8) is 0 Å². The Labute approximate surface area is 175 Å². The predicted molar refractivity (Wildman–Crippen MR) is 100 cm³/mol. The van der Waals surface area contributed by atoms with Crippen LogP contribution in [0, 0.1) is 11.6 Å². The van der Waals surface area contributed by atoms with Gasteiger partial charge in [0.15, 0.2) is 23.0 Å². The molecule has 0 aromatic heterocycles. The van der Waals surface area contributed by atoms with Crippen molar-refractivity contribution in [1.82, 2.24) is 0 Å². The van der Waals surface area contributed by atoms with Gasteiger partial charge < -0.3 is 24.1 Å². The van der Waals surface area contributed by atoms with Crippen molar-refractivity contribution in [1.29, 1.82) is 0 Å². The third kappa shape index (κ3) is 6.25. The fourth-order valence-corrected chi connectivity index (χ4v) is 2.35. The van der Waals surface area contributed by atoms with Crippen molar-refractivity contribution in [3.05, 3.63) is 47.0 Å². The Bertz CT molecular complexity index is 787. The zero-order chi connectivity index (χ0) is 20.7. The normalized spacial score (nSPS) is 12.8. The van der Waals surface area contributed by atoms with E-state index >= 15 is 0 Å². The van der Waals surface area contributed by atoms with E-state index in [0.717, 1.165) is 0 Å². The summed E-state index contributed by atoms with van der Waals surface area (Å²) in [5, 5.41) is 8.71. The second kappa shape index (κ2) is 10.9. The predicted octanol–water partition coefficient (Wildman–Crippen LogP) is 4.38. The van der Waals surface area contributed by atoms with Gasteiger partial charge in [0.2, 0.25) is 22.8 Å². The number of aliphatic hydroxyl groups is 1. The highest BCUT2D eigenvalue weighted by molar-refractivity contribution is 8.26. The van der Waals surface area contributed by atoms with Gasteiger partial charge in [-0.2, -0.15) is 0 Å². The van der Waals surface area contributed by atoms with Gasteiger partial charge in [0, 0.05) is 44.6 Å². The molecule has 2 aliphatic heterocycles. The number of aliphatic hydroxyl groups excluding tert-OH is 1. The van der Waals surface area contributed by atoms with Crippen LogP contribution in [0.4, 0.5) is 8.78 Å². The molecule has 2 aromatic rings. The Morgan fingerprint density at radius 1 is 0.857 bits per heavy atom. The zero-order valence-electron chi connectivity index (χ0n) is 13.9. The fourth-order valence-electron chi connectivity index (χ4n) is 2.14. The Hall–Kier alpha value is -1.52. The Balaban J connectivity index is 0.000000169. The standard InChI is InChI=1S/C8H6ClFO2.C8H7FO3.Cl2OS/c9-3-5-1-7-8(2-6(5)10)12-4-11-7;9-6-2-8-7(11-4-12-8)1-5(6)3-10;1-4(2)3/h1-2H,3-4H2;1-2,10H,3-4H2;. The molecular weight excluding hydrogens is 465 g/mol. The van der Waals surface area contributed by atoms with Crippen LogP contribution in [0.1, 0.15) is 11.1 Å². The fraction of sp³-hybridized carbons (Fsp3) is 0.250. The average molecular weight is 478 g/mol. The second-order valence-electron chi connectivity index (χ2n) is 5.07. The molecule has 4 rings (SSSR count). The highest BCUT2D eigenvalue weighted by atomic mass is 36.0. The molecular formula is C16H13Cl3F2O6S. The Morgan fingerprint density at radius 2 is 1.21 bits per heavy atom. The molecule has 0 radical (unpaired) electrons.